The molecule has 0 radical (unpaired) electrons. The van der Waals surface area contributed by atoms with Gasteiger partial charge in [-0.1, -0.05) is 0 Å². The normalized spacial score (nSPS) is 10.3. The number of nitrogens with one attached hydrogen (secondary N) is 1. The van der Waals surface area contributed by atoms with Gasteiger partial charge in [0.2, 0.25) is 5.91 Å². The number of hydrogen-bond acceptors (Lipinski definition) is 3. The molecule has 1 N–H and O–H groups in total. The Balaban J connectivity index is 1.91. The first-order chi connectivity index (χ1) is 8.65. The van der Waals surface area contributed by atoms with Gasteiger partial charge in [-0.25, -0.2) is 4.98 Å². The molecule has 18 heavy (non-hydrogen) atoms. The van der Waals surface area contributed by atoms with Crippen molar-refractivity contribution in [2.45, 2.75) is 19.8 Å². The van der Waals surface area contributed by atoms with Crippen LogP contribution in [0.25, 0.3) is 0 Å². The number of aryl methyl sites for hydroxylation is 2. The van der Waals surface area contributed by atoms with Crippen LogP contribution in [0.2, 0.25) is 0 Å². The molecule has 0 atom stereocenters. The summed E-state index contributed by atoms with van der Waals surface area (Å²) in [7, 11) is 0. The van der Waals surface area contributed by atoms with Gasteiger partial charge in [-0.05, 0) is 63.3 Å². The molecule has 0 fully saturated rings. The molecule has 0 unspecified atom stereocenters. The van der Waals surface area contributed by atoms with Crippen LogP contribution >= 0.6 is 27.3 Å². The maximum absolute atomic E-state index is 11.8. The number of halogens is 1. The predicted molar refractivity (Wildman–Crippen MR) is 77.9 cm³/mol. The lowest BCUT2D eigenvalue weighted by molar-refractivity contribution is -0.116. The summed E-state index contributed by atoms with van der Waals surface area (Å²) in [4.78, 5) is 16.0. The number of carbonyl (C=O) groups is 1. The molecule has 2 rings (SSSR count). The maximum Gasteiger partial charge on any atom is 0.225 e. The Morgan fingerprint density at radius 3 is 3.06 bits per heavy atom. The number of pyridine rings is 1. The highest BCUT2D eigenvalue weighted by Gasteiger charge is 2.07. The fourth-order valence-corrected chi connectivity index (χ4v) is 2.78. The van der Waals surface area contributed by atoms with Gasteiger partial charge in [0.05, 0.1) is 4.47 Å². The van der Waals surface area contributed by atoms with E-state index >= 15 is 0 Å². The molecule has 0 saturated carbocycles. The fraction of sp³-hybridized carbons (Fsp3) is 0.231. The number of nitrogens with zero attached hydrogens (tertiary/aromatic N) is 1. The van der Waals surface area contributed by atoms with E-state index in [1.807, 2.05) is 24.4 Å². The van der Waals surface area contributed by atoms with Crippen molar-refractivity contribution in [1.29, 1.82) is 0 Å². The standard InChI is InChI=1S/C13H13BrN2OS/c1-9-6-11(14)13(15-7-9)16-12(17)3-2-10-4-5-18-8-10/h4-8H,2-3H2,1H3,(H,15,16,17). The van der Waals surface area contributed by atoms with E-state index in [2.05, 4.69) is 31.6 Å². The molecule has 2 heterocycles. The molecule has 0 bridgehead atoms. The van der Waals surface area contributed by atoms with Gasteiger partial charge >= 0.3 is 0 Å². The lowest BCUT2D eigenvalue weighted by atomic mass is 10.2. The number of amides is 1. The van der Waals surface area contributed by atoms with Gasteiger partial charge < -0.3 is 5.32 Å². The third kappa shape index (κ3) is 3.65. The van der Waals surface area contributed by atoms with Crippen molar-refractivity contribution in [2.75, 3.05) is 5.32 Å². The van der Waals surface area contributed by atoms with Crippen LogP contribution in [0.3, 0.4) is 0 Å². The van der Waals surface area contributed by atoms with Gasteiger partial charge in [-0.2, -0.15) is 11.3 Å². The van der Waals surface area contributed by atoms with Crippen molar-refractivity contribution < 1.29 is 4.79 Å². The smallest absolute Gasteiger partial charge is 0.225 e. The van der Waals surface area contributed by atoms with Crippen LogP contribution in [0, 0.1) is 6.92 Å². The van der Waals surface area contributed by atoms with Gasteiger partial charge in [0.25, 0.3) is 0 Å². The highest BCUT2D eigenvalue weighted by Crippen LogP contribution is 2.20. The average molecular weight is 325 g/mol. The van der Waals surface area contributed by atoms with E-state index < -0.39 is 0 Å². The van der Waals surface area contributed by atoms with Crippen molar-refractivity contribution in [3.8, 4) is 0 Å². The molecular formula is C13H13BrN2OS. The predicted octanol–water partition coefficient (Wildman–Crippen LogP) is 3.79. The summed E-state index contributed by atoms with van der Waals surface area (Å²) < 4.78 is 0.811. The monoisotopic (exact) mass is 324 g/mol. The zero-order valence-corrected chi connectivity index (χ0v) is 12.3. The van der Waals surface area contributed by atoms with Crippen LogP contribution in [-0.2, 0) is 11.2 Å². The molecule has 0 saturated heterocycles. The molecule has 3 nitrogen and oxygen atoms in total. The summed E-state index contributed by atoms with van der Waals surface area (Å²) in [6, 6.07) is 3.97. The highest BCUT2D eigenvalue weighted by atomic mass is 79.9. The summed E-state index contributed by atoms with van der Waals surface area (Å²) in [6.45, 7) is 1.96. The van der Waals surface area contributed by atoms with Crippen LogP contribution in [-0.4, -0.2) is 10.9 Å². The number of carbonyl (C=O) groups excluding carboxylic acids is 1. The Hall–Kier alpha value is -1.20. The summed E-state index contributed by atoms with van der Waals surface area (Å²) in [5.74, 6) is 0.564. The first-order valence-electron chi connectivity index (χ1n) is 5.58. The van der Waals surface area contributed by atoms with E-state index in [1.54, 1.807) is 17.5 Å². The summed E-state index contributed by atoms with van der Waals surface area (Å²) in [5.41, 5.74) is 2.25. The van der Waals surface area contributed by atoms with Gasteiger partial charge in [0.1, 0.15) is 5.82 Å². The van der Waals surface area contributed by atoms with Crippen molar-refractivity contribution in [2.24, 2.45) is 0 Å². The summed E-state index contributed by atoms with van der Waals surface area (Å²) in [5, 5.41) is 6.89. The zero-order valence-electron chi connectivity index (χ0n) is 9.94. The molecule has 5 heteroatoms. The van der Waals surface area contributed by atoms with E-state index in [0.29, 0.717) is 12.2 Å². The Bertz CT molecular complexity index is 540. The minimum atomic E-state index is -0.0155. The van der Waals surface area contributed by atoms with Crippen molar-refractivity contribution in [3.63, 3.8) is 0 Å². The second-order valence-corrected chi connectivity index (χ2v) is 5.66. The molecule has 0 aliphatic heterocycles. The van der Waals surface area contributed by atoms with Crippen molar-refractivity contribution in [1.82, 2.24) is 4.98 Å². The first-order valence-corrected chi connectivity index (χ1v) is 7.32. The van der Waals surface area contributed by atoms with Crippen LogP contribution < -0.4 is 5.32 Å². The first kappa shape index (κ1) is 13.2. The van der Waals surface area contributed by atoms with Gasteiger partial charge in [0.15, 0.2) is 0 Å². The number of hydrogen-bond donors (Lipinski definition) is 1. The van der Waals surface area contributed by atoms with Crippen molar-refractivity contribution in [3.05, 3.63) is 44.7 Å². The molecule has 2 aromatic rings. The van der Waals surface area contributed by atoms with Crippen LogP contribution in [0.4, 0.5) is 5.82 Å². The number of aromatic nitrogens is 1. The lowest BCUT2D eigenvalue weighted by Crippen LogP contribution is -2.13. The average Bonchev–Trinajstić information content (AvgIpc) is 2.83. The number of anilines is 1. The Morgan fingerprint density at radius 1 is 1.56 bits per heavy atom. The third-order valence-electron chi connectivity index (χ3n) is 2.46. The van der Waals surface area contributed by atoms with E-state index in [9.17, 15) is 4.79 Å². The number of thiophene rings is 1. The largest absolute Gasteiger partial charge is 0.310 e. The van der Waals surface area contributed by atoms with Gasteiger partial charge in [-0.3, -0.25) is 4.79 Å². The zero-order chi connectivity index (χ0) is 13.0. The molecule has 0 aromatic carbocycles. The molecule has 94 valence electrons. The number of rotatable bonds is 4. The minimum Gasteiger partial charge on any atom is -0.310 e. The lowest BCUT2D eigenvalue weighted by Gasteiger charge is -2.06. The molecule has 2 aromatic heterocycles. The van der Waals surface area contributed by atoms with Crippen LogP contribution in [0.15, 0.2) is 33.6 Å². The molecule has 0 aliphatic rings. The van der Waals surface area contributed by atoms with Gasteiger partial charge in [-0.15, -0.1) is 0 Å². The highest BCUT2D eigenvalue weighted by molar-refractivity contribution is 9.10. The quantitative estimate of drug-likeness (QED) is 0.929. The molecular weight excluding hydrogens is 312 g/mol. The van der Waals surface area contributed by atoms with E-state index in [-0.39, 0.29) is 5.91 Å². The topological polar surface area (TPSA) is 42.0 Å². The molecule has 0 spiro atoms. The molecule has 1 amide bonds. The van der Waals surface area contributed by atoms with Crippen LogP contribution in [0.5, 0.6) is 0 Å². The van der Waals surface area contributed by atoms with E-state index in [1.165, 1.54) is 5.56 Å². The second-order valence-electron chi connectivity index (χ2n) is 4.02. The Morgan fingerprint density at radius 2 is 2.39 bits per heavy atom. The third-order valence-corrected chi connectivity index (χ3v) is 3.79. The summed E-state index contributed by atoms with van der Waals surface area (Å²) in [6.07, 6.45) is 2.97. The van der Waals surface area contributed by atoms with E-state index in [0.717, 1.165) is 16.5 Å². The van der Waals surface area contributed by atoms with E-state index in [4.69, 9.17) is 0 Å². The fourth-order valence-electron chi connectivity index (χ4n) is 1.51. The minimum absolute atomic E-state index is 0.0155. The maximum atomic E-state index is 11.8. The SMILES string of the molecule is Cc1cnc(NC(=O)CCc2ccsc2)c(Br)c1. The second kappa shape index (κ2) is 6.11. The Kier molecular flexibility index (Phi) is 4.49. The van der Waals surface area contributed by atoms with Crippen molar-refractivity contribution >= 4 is 39.0 Å². The Labute approximate surface area is 118 Å². The van der Waals surface area contributed by atoms with Gasteiger partial charge in [0, 0.05) is 12.6 Å². The molecule has 0 aliphatic carbocycles. The van der Waals surface area contributed by atoms with Crippen LogP contribution in [0.1, 0.15) is 17.5 Å². The summed E-state index contributed by atoms with van der Waals surface area (Å²) >= 11 is 5.04.